The van der Waals surface area contributed by atoms with Gasteiger partial charge >= 0.3 is 0 Å². The number of carbonyl (C=O) groups excluding carboxylic acids is 1. The van der Waals surface area contributed by atoms with Gasteiger partial charge in [-0.1, -0.05) is 25.0 Å². The maximum absolute atomic E-state index is 11.8. The quantitative estimate of drug-likeness (QED) is 0.924. The number of para-hydroxylation sites is 1. The molecule has 2 aromatic rings. The summed E-state index contributed by atoms with van der Waals surface area (Å²) in [5, 5.41) is 3.81. The first-order valence-corrected chi connectivity index (χ1v) is 6.95. The van der Waals surface area contributed by atoms with Crippen molar-refractivity contribution in [3.8, 4) is 5.88 Å². The molecule has 1 amide bonds. The third-order valence-electron chi connectivity index (χ3n) is 3.57. The normalized spacial score (nSPS) is 15.4. The summed E-state index contributed by atoms with van der Waals surface area (Å²) in [5.41, 5.74) is 0.814. The number of hydrogen-bond acceptors (Lipinski definition) is 4. The van der Waals surface area contributed by atoms with E-state index in [1.54, 1.807) is 0 Å². The highest BCUT2D eigenvalue weighted by Crippen LogP contribution is 2.20. The van der Waals surface area contributed by atoms with E-state index in [0.29, 0.717) is 11.9 Å². The van der Waals surface area contributed by atoms with Gasteiger partial charge in [-0.05, 0) is 25.0 Å². The van der Waals surface area contributed by atoms with Crippen LogP contribution in [0.3, 0.4) is 0 Å². The Balaban J connectivity index is 1.63. The predicted molar refractivity (Wildman–Crippen MR) is 75.4 cm³/mol. The van der Waals surface area contributed by atoms with Crippen molar-refractivity contribution < 1.29 is 9.53 Å². The lowest BCUT2D eigenvalue weighted by atomic mass is 10.2. The number of aromatic nitrogens is 2. The molecule has 0 radical (unpaired) electrons. The van der Waals surface area contributed by atoms with Gasteiger partial charge in [-0.25, -0.2) is 9.97 Å². The molecule has 1 N–H and O–H groups in total. The molecule has 1 aromatic carbocycles. The van der Waals surface area contributed by atoms with Crippen LogP contribution >= 0.6 is 0 Å². The molecule has 1 saturated carbocycles. The van der Waals surface area contributed by atoms with Crippen molar-refractivity contribution in [3.05, 3.63) is 30.6 Å². The number of amides is 1. The summed E-state index contributed by atoms with van der Waals surface area (Å²) in [6.07, 6.45) is 5.99. The maximum atomic E-state index is 11.8. The molecular formula is C15H17N3O2. The van der Waals surface area contributed by atoms with Crippen LogP contribution < -0.4 is 10.1 Å². The van der Waals surface area contributed by atoms with Gasteiger partial charge in [0, 0.05) is 6.04 Å². The zero-order valence-electron chi connectivity index (χ0n) is 11.2. The van der Waals surface area contributed by atoms with Gasteiger partial charge in [-0.15, -0.1) is 0 Å². The molecule has 20 heavy (non-hydrogen) atoms. The number of ether oxygens (including phenoxy) is 1. The van der Waals surface area contributed by atoms with Crippen LogP contribution in [-0.2, 0) is 4.79 Å². The molecule has 1 heterocycles. The first-order valence-electron chi connectivity index (χ1n) is 6.95. The summed E-state index contributed by atoms with van der Waals surface area (Å²) < 4.78 is 5.53. The average molecular weight is 271 g/mol. The summed E-state index contributed by atoms with van der Waals surface area (Å²) in [6.45, 7) is -0.00247. The van der Waals surface area contributed by atoms with E-state index in [1.807, 2.05) is 24.3 Å². The van der Waals surface area contributed by atoms with Gasteiger partial charge in [0.25, 0.3) is 5.91 Å². The number of nitrogens with zero attached hydrogens (tertiary/aromatic N) is 2. The lowest BCUT2D eigenvalue weighted by Gasteiger charge is -2.12. The smallest absolute Gasteiger partial charge is 0.258 e. The third-order valence-corrected chi connectivity index (χ3v) is 3.57. The van der Waals surface area contributed by atoms with E-state index < -0.39 is 0 Å². The lowest BCUT2D eigenvalue weighted by Crippen LogP contribution is -2.36. The molecule has 5 heteroatoms. The molecule has 1 fully saturated rings. The summed E-state index contributed by atoms with van der Waals surface area (Å²) in [5.74, 6) is 0.372. The van der Waals surface area contributed by atoms with E-state index in [2.05, 4.69) is 15.3 Å². The number of nitrogens with one attached hydrogen (secondary N) is 1. The molecule has 5 nitrogen and oxygen atoms in total. The second-order valence-electron chi connectivity index (χ2n) is 5.03. The number of fused-ring (bicyclic) bond motifs is 1. The van der Waals surface area contributed by atoms with Crippen LogP contribution in [0.4, 0.5) is 0 Å². The Hall–Kier alpha value is -2.17. The minimum absolute atomic E-state index is 0.00247. The number of benzene rings is 1. The monoisotopic (exact) mass is 271 g/mol. The predicted octanol–water partition coefficient (Wildman–Crippen LogP) is 2.07. The van der Waals surface area contributed by atoms with Gasteiger partial charge < -0.3 is 10.1 Å². The Kier molecular flexibility index (Phi) is 3.76. The molecular weight excluding hydrogens is 254 g/mol. The summed E-state index contributed by atoms with van der Waals surface area (Å²) >= 11 is 0. The van der Waals surface area contributed by atoms with E-state index in [1.165, 1.54) is 19.2 Å². The minimum Gasteiger partial charge on any atom is -0.467 e. The number of rotatable bonds is 4. The second-order valence-corrected chi connectivity index (χ2v) is 5.03. The third kappa shape index (κ3) is 2.87. The molecule has 0 aliphatic heterocycles. The molecule has 0 bridgehead atoms. The van der Waals surface area contributed by atoms with E-state index in [9.17, 15) is 4.79 Å². The molecule has 0 saturated heterocycles. The fourth-order valence-electron chi connectivity index (χ4n) is 2.57. The average Bonchev–Trinajstić information content (AvgIpc) is 2.98. The van der Waals surface area contributed by atoms with E-state index in [4.69, 9.17) is 4.74 Å². The molecule has 0 unspecified atom stereocenters. The first-order chi connectivity index (χ1) is 9.83. The molecule has 104 valence electrons. The Morgan fingerprint density at radius 1 is 1.25 bits per heavy atom. The Morgan fingerprint density at radius 2 is 2.05 bits per heavy atom. The van der Waals surface area contributed by atoms with Crippen LogP contribution in [-0.4, -0.2) is 28.5 Å². The van der Waals surface area contributed by atoms with Crippen molar-refractivity contribution in [2.75, 3.05) is 6.61 Å². The first kappa shape index (κ1) is 12.8. The van der Waals surface area contributed by atoms with Gasteiger partial charge in [-0.3, -0.25) is 4.79 Å². The van der Waals surface area contributed by atoms with Crippen molar-refractivity contribution in [2.24, 2.45) is 0 Å². The van der Waals surface area contributed by atoms with Crippen molar-refractivity contribution in [1.82, 2.24) is 15.3 Å². The highest BCUT2D eigenvalue weighted by atomic mass is 16.5. The van der Waals surface area contributed by atoms with Crippen molar-refractivity contribution in [1.29, 1.82) is 0 Å². The summed E-state index contributed by atoms with van der Waals surface area (Å²) in [6, 6.07) is 7.90. The lowest BCUT2D eigenvalue weighted by molar-refractivity contribution is -0.123. The number of carbonyl (C=O) groups is 1. The molecule has 1 aliphatic rings. The Bertz CT molecular complexity index is 604. The van der Waals surface area contributed by atoms with Crippen LogP contribution in [0.15, 0.2) is 30.6 Å². The topological polar surface area (TPSA) is 64.1 Å². The van der Waals surface area contributed by atoms with Gasteiger partial charge in [0.2, 0.25) is 5.88 Å². The highest BCUT2D eigenvalue weighted by Gasteiger charge is 2.17. The van der Waals surface area contributed by atoms with Gasteiger partial charge in [0.15, 0.2) is 6.61 Å². The Labute approximate surface area is 117 Å². The zero-order valence-corrected chi connectivity index (χ0v) is 11.2. The summed E-state index contributed by atoms with van der Waals surface area (Å²) in [7, 11) is 0. The molecule has 0 atom stereocenters. The molecule has 1 aliphatic carbocycles. The molecule has 1 aromatic heterocycles. The van der Waals surface area contributed by atoms with E-state index >= 15 is 0 Å². The second kappa shape index (κ2) is 5.86. The molecule has 3 rings (SSSR count). The summed E-state index contributed by atoms with van der Waals surface area (Å²) in [4.78, 5) is 20.1. The SMILES string of the molecule is O=C(COc1ncnc2ccccc12)NC1CCCC1. The largest absolute Gasteiger partial charge is 0.467 e. The van der Waals surface area contributed by atoms with Crippen molar-refractivity contribution >= 4 is 16.8 Å². The van der Waals surface area contributed by atoms with Gasteiger partial charge in [0.05, 0.1) is 10.9 Å². The zero-order chi connectivity index (χ0) is 13.8. The Morgan fingerprint density at radius 3 is 2.90 bits per heavy atom. The van der Waals surface area contributed by atoms with Crippen LogP contribution in [0.1, 0.15) is 25.7 Å². The van der Waals surface area contributed by atoms with Crippen molar-refractivity contribution in [2.45, 2.75) is 31.7 Å². The van der Waals surface area contributed by atoms with Gasteiger partial charge in [0.1, 0.15) is 6.33 Å². The van der Waals surface area contributed by atoms with Crippen LogP contribution in [0.25, 0.3) is 10.9 Å². The van der Waals surface area contributed by atoms with Crippen LogP contribution in [0.2, 0.25) is 0 Å². The maximum Gasteiger partial charge on any atom is 0.258 e. The standard InChI is InChI=1S/C15H17N3O2/c19-14(18-11-5-1-2-6-11)9-20-15-12-7-3-4-8-13(12)16-10-17-15/h3-4,7-8,10-11H,1-2,5-6,9H2,(H,18,19). The van der Waals surface area contributed by atoms with E-state index in [-0.39, 0.29) is 12.5 Å². The molecule has 0 spiro atoms. The van der Waals surface area contributed by atoms with E-state index in [0.717, 1.165) is 23.7 Å². The number of hydrogen-bond donors (Lipinski definition) is 1. The fraction of sp³-hybridized carbons (Fsp3) is 0.400. The highest BCUT2D eigenvalue weighted by molar-refractivity contribution is 5.84. The minimum atomic E-state index is -0.0837. The fourth-order valence-corrected chi connectivity index (χ4v) is 2.57. The van der Waals surface area contributed by atoms with Crippen molar-refractivity contribution in [3.63, 3.8) is 0 Å². The van der Waals surface area contributed by atoms with Gasteiger partial charge in [-0.2, -0.15) is 0 Å². The van der Waals surface area contributed by atoms with Crippen LogP contribution in [0, 0.1) is 0 Å². The van der Waals surface area contributed by atoms with Crippen LogP contribution in [0.5, 0.6) is 5.88 Å².